The molecule has 112 valence electrons. The number of phenols is 1. The Labute approximate surface area is 133 Å². The van der Waals surface area contributed by atoms with Crippen molar-refractivity contribution in [3.63, 3.8) is 0 Å². The van der Waals surface area contributed by atoms with Crippen LogP contribution in [0.3, 0.4) is 0 Å². The van der Waals surface area contributed by atoms with Crippen LogP contribution in [-0.4, -0.2) is 23.5 Å². The number of thioether (sulfide) groups is 1. The van der Waals surface area contributed by atoms with Crippen molar-refractivity contribution in [2.75, 3.05) is 18.7 Å². The van der Waals surface area contributed by atoms with Crippen LogP contribution in [0, 0.1) is 0 Å². The first kappa shape index (κ1) is 14.5. The van der Waals surface area contributed by atoms with Gasteiger partial charge in [0, 0.05) is 46.1 Å². The molecule has 3 aromatic rings. The fraction of sp³-hybridized carbons (Fsp3) is 0.118. The molecule has 0 aliphatic heterocycles. The molecular weight excluding hydrogens is 296 g/mol. The number of pyridine rings is 1. The molecule has 0 saturated carbocycles. The van der Waals surface area contributed by atoms with Crippen molar-refractivity contribution in [3.8, 4) is 11.5 Å². The fourth-order valence-electron chi connectivity index (χ4n) is 2.29. The number of methoxy groups -OCH3 is 1. The molecule has 0 radical (unpaired) electrons. The van der Waals surface area contributed by atoms with Gasteiger partial charge in [0.2, 0.25) is 0 Å². The topological polar surface area (TPSA) is 54.4 Å². The summed E-state index contributed by atoms with van der Waals surface area (Å²) in [6, 6.07) is 13.2. The molecular formula is C17H16N2O2S. The van der Waals surface area contributed by atoms with E-state index in [4.69, 9.17) is 4.74 Å². The summed E-state index contributed by atoms with van der Waals surface area (Å²) in [4.78, 5) is 5.56. The van der Waals surface area contributed by atoms with Gasteiger partial charge in [-0.1, -0.05) is 0 Å². The van der Waals surface area contributed by atoms with E-state index in [1.165, 1.54) is 4.90 Å². The molecule has 1 heterocycles. The highest BCUT2D eigenvalue weighted by atomic mass is 32.2. The van der Waals surface area contributed by atoms with Crippen molar-refractivity contribution in [2.45, 2.75) is 4.90 Å². The van der Waals surface area contributed by atoms with Gasteiger partial charge < -0.3 is 15.2 Å². The number of nitrogens with one attached hydrogen (secondary N) is 1. The molecule has 0 saturated heterocycles. The lowest BCUT2D eigenvalue weighted by Gasteiger charge is -2.12. The molecule has 2 aromatic carbocycles. The lowest BCUT2D eigenvalue weighted by molar-refractivity contribution is 0.408. The average Bonchev–Trinajstić information content (AvgIpc) is 2.54. The standard InChI is InChI=1S/C17H16N2O2S/c1-21-13-8-11(7-12(20)9-13)19-17-5-6-18-16-4-3-14(22-2)10-15(16)17/h3-10,20H,1-2H3,(H,18,19). The van der Waals surface area contributed by atoms with E-state index >= 15 is 0 Å². The first-order valence-electron chi connectivity index (χ1n) is 6.77. The number of fused-ring (bicyclic) bond motifs is 1. The Morgan fingerprint density at radius 2 is 2.00 bits per heavy atom. The molecule has 0 aliphatic rings. The quantitative estimate of drug-likeness (QED) is 0.699. The molecule has 4 nitrogen and oxygen atoms in total. The SMILES string of the molecule is COc1cc(O)cc(Nc2ccnc3ccc(SC)cc23)c1. The monoisotopic (exact) mass is 312 g/mol. The molecule has 0 atom stereocenters. The summed E-state index contributed by atoms with van der Waals surface area (Å²) in [5, 5.41) is 14.1. The minimum atomic E-state index is 0.157. The third kappa shape index (κ3) is 2.94. The van der Waals surface area contributed by atoms with Gasteiger partial charge in [-0.2, -0.15) is 0 Å². The number of anilines is 2. The van der Waals surface area contributed by atoms with E-state index in [-0.39, 0.29) is 5.75 Å². The van der Waals surface area contributed by atoms with Crippen molar-refractivity contribution in [3.05, 3.63) is 48.7 Å². The molecule has 5 heteroatoms. The van der Waals surface area contributed by atoms with Gasteiger partial charge in [-0.3, -0.25) is 4.98 Å². The Kier molecular flexibility index (Phi) is 4.06. The van der Waals surface area contributed by atoms with E-state index in [2.05, 4.69) is 22.4 Å². The number of aromatic hydroxyl groups is 1. The zero-order chi connectivity index (χ0) is 15.5. The smallest absolute Gasteiger partial charge is 0.124 e. The van der Waals surface area contributed by atoms with Crippen LogP contribution in [0.4, 0.5) is 11.4 Å². The highest BCUT2D eigenvalue weighted by Gasteiger charge is 2.06. The second kappa shape index (κ2) is 6.15. The van der Waals surface area contributed by atoms with Crippen molar-refractivity contribution in [1.82, 2.24) is 4.98 Å². The Bertz CT molecular complexity index is 821. The van der Waals surface area contributed by atoms with E-state index < -0.39 is 0 Å². The predicted octanol–water partition coefficient (Wildman–Crippen LogP) is 4.41. The zero-order valence-electron chi connectivity index (χ0n) is 12.3. The molecule has 22 heavy (non-hydrogen) atoms. The lowest BCUT2D eigenvalue weighted by atomic mass is 10.1. The third-order valence-corrected chi connectivity index (χ3v) is 4.08. The zero-order valence-corrected chi connectivity index (χ0v) is 13.1. The van der Waals surface area contributed by atoms with Gasteiger partial charge in [0.1, 0.15) is 11.5 Å². The summed E-state index contributed by atoms with van der Waals surface area (Å²) >= 11 is 1.69. The van der Waals surface area contributed by atoms with Crippen molar-refractivity contribution in [2.24, 2.45) is 0 Å². The summed E-state index contributed by atoms with van der Waals surface area (Å²) < 4.78 is 5.18. The highest BCUT2D eigenvalue weighted by Crippen LogP contribution is 2.31. The maximum atomic E-state index is 9.76. The molecule has 0 aliphatic carbocycles. The molecule has 1 aromatic heterocycles. The summed E-state index contributed by atoms with van der Waals surface area (Å²) in [6.07, 6.45) is 3.81. The summed E-state index contributed by atoms with van der Waals surface area (Å²) in [5.74, 6) is 0.760. The number of ether oxygens (including phenoxy) is 1. The fourth-order valence-corrected chi connectivity index (χ4v) is 2.73. The summed E-state index contributed by atoms with van der Waals surface area (Å²) in [5.41, 5.74) is 2.63. The molecule has 2 N–H and O–H groups in total. The second-order valence-corrected chi connectivity index (χ2v) is 5.67. The first-order chi connectivity index (χ1) is 10.7. The molecule has 0 amide bonds. The third-order valence-electron chi connectivity index (χ3n) is 3.35. The van der Waals surface area contributed by atoms with Crippen molar-refractivity contribution >= 4 is 34.0 Å². The van der Waals surface area contributed by atoms with Gasteiger partial charge in [0.25, 0.3) is 0 Å². The van der Waals surface area contributed by atoms with E-state index in [0.29, 0.717) is 5.75 Å². The van der Waals surface area contributed by atoms with Gasteiger partial charge >= 0.3 is 0 Å². The predicted molar refractivity (Wildman–Crippen MR) is 91.5 cm³/mol. The van der Waals surface area contributed by atoms with Gasteiger partial charge in [0.15, 0.2) is 0 Å². The average molecular weight is 312 g/mol. The Morgan fingerprint density at radius 3 is 2.77 bits per heavy atom. The molecule has 0 fully saturated rings. The van der Waals surface area contributed by atoms with Gasteiger partial charge in [-0.25, -0.2) is 0 Å². The Balaban J connectivity index is 2.05. The van der Waals surface area contributed by atoms with Crippen LogP contribution in [0.2, 0.25) is 0 Å². The van der Waals surface area contributed by atoms with Crippen LogP contribution in [0.25, 0.3) is 10.9 Å². The number of aromatic nitrogens is 1. The maximum Gasteiger partial charge on any atom is 0.124 e. The number of benzene rings is 2. The lowest BCUT2D eigenvalue weighted by Crippen LogP contribution is -1.94. The normalized spacial score (nSPS) is 10.6. The molecule has 0 spiro atoms. The first-order valence-corrected chi connectivity index (χ1v) is 8.00. The van der Waals surface area contributed by atoms with Crippen LogP contribution in [-0.2, 0) is 0 Å². The largest absolute Gasteiger partial charge is 0.508 e. The summed E-state index contributed by atoms with van der Waals surface area (Å²) in [6.45, 7) is 0. The number of phenolic OH excluding ortho intramolecular Hbond substituents is 1. The number of rotatable bonds is 4. The minimum absolute atomic E-state index is 0.157. The molecule has 3 rings (SSSR count). The van der Waals surface area contributed by atoms with Crippen LogP contribution in [0.1, 0.15) is 0 Å². The van der Waals surface area contributed by atoms with Gasteiger partial charge in [0.05, 0.1) is 12.6 Å². The summed E-state index contributed by atoms with van der Waals surface area (Å²) in [7, 11) is 1.57. The van der Waals surface area contributed by atoms with Crippen molar-refractivity contribution in [1.29, 1.82) is 0 Å². The minimum Gasteiger partial charge on any atom is -0.508 e. The second-order valence-electron chi connectivity index (χ2n) is 4.79. The Morgan fingerprint density at radius 1 is 1.14 bits per heavy atom. The van der Waals surface area contributed by atoms with Crippen LogP contribution in [0.5, 0.6) is 11.5 Å². The number of nitrogens with zero attached hydrogens (tertiary/aromatic N) is 1. The van der Waals surface area contributed by atoms with E-state index in [0.717, 1.165) is 22.3 Å². The van der Waals surface area contributed by atoms with Crippen LogP contribution < -0.4 is 10.1 Å². The van der Waals surface area contributed by atoms with Crippen LogP contribution >= 0.6 is 11.8 Å². The van der Waals surface area contributed by atoms with Crippen molar-refractivity contribution < 1.29 is 9.84 Å². The van der Waals surface area contributed by atoms with Crippen LogP contribution in [0.15, 0.2) is 53.6 Å². The van der Waals surface area contributed by atoms with E-state index in [1.54, 1.807) is 37.2 Å². The Hall–Kier alpha value is -2.40. The maximum absolute atomic E-state index is 9.76. The number of hydrogen-bond acceptors (Lipinski definition) is 5. The van der Waals surface area contributed by atoms with Gasteiger partial charge in [-0.05, 0) is 30.5 Å². The van der Waals surface area contributed by atoms with E-state index in [9.17, 15) is 5.11 Å². The highest BCUT2D eigenvalue weighted by molar-refractivity contribution is 7.98. The molecule has 0 bridgehead atoms. The van der Waals surface area contributed by atoms with E-state index in [1.807, 2.05) is 24.5 Å². The molecule has 0 unspecified atom stereocenters. The van der Waals surface area contributed by atoms with Gasteiger partial charge in [-0.15, -0.1) is 11.8 Å². The number of hydrogen-bond donors (Lipinski definition) is 2.